The molecule has 0 aromatic carbocycles. The molecule has 1 saturated carbocycles. The van der Waals surface area contributed by atoms with Gasteiger partial charge >= 0.3 is 6.18 Å². The van der Waals surface area contributed by atoms with Crippen LogP contribution in [0.3, 0.4) is 0 Å². The standard InChI is InChI=1S/C18H24F3N7O/c1-23-16-13(18(19,20)21)9-24-17(27-16)26-12-8-25-28(10-12)14(7-15(22)29)11-5-3-2-4-6-11/h8-11,14H,2-7H2,1H3,(H2,22,29)(H2,23,24,26,27). The molecule has 8 nitrogen and oxygen atoms in total. The summed E-state index contributed by atoms with van der Waals surface area (Å²) in [5, 5.41) is 9.63. The Labute approximate surface area is 166 Å². The number of nitrogens with one attached hydrogen (secondary N) is 2. The number of anilines is 3. The Balaban J connectivity index is 1.79. The van der Waals surface area contributed by atoms with Gasteiger partial charge in [-0.2, -0.15) is 23.3 Å². The molecule has 2 aromatic heterocycles. The van der Waals surface area contributed by atoms with E-state index in [0.29, 0.717) is 11.6 Å². The van der Waals surface area contributed by atoms with Crippen molar-refractivity contribution in [2.75, 3.05) is 17.7 Å². The van der Waals surface area contributed by atoms with Gasteiger partial charge in [-0.3, -0.25) is 9.48 Å². The molecule has 0 spiro atoms. The first-order valence-corrected chi connectivity index (χ1v) is 9.49. The third-order valence-electron chi connectivity index (χ3n) is 5.13. The molecule has 158 valence electrons. The van der Waals surface area contributed by atoms with E-state index in [0.717, 1.165) is 31.9 Å². The van der Waals surface area contributed by atoms with Crippen LogP contribution in [0, 0.1) is 5.92 Å². The van der Waals surface area contributed by atoms with Gasteiger partial charge in [0.25, 0.3) is 0 Å². The molecular formula is C18H24F3N7O. The van der Waals surface area contributed by atoms with Gasteiger partial charge in [-0.05, 0) is 18.8 Å². The van der Waals surface area contributed by atoms with Crippen molar-refractivity contribution in [2.24, 2.45) is 11.7 Å². The van der Waals surface area contributed by atoms with E-state index < -0.39 is 17.6 Å². The number of carbonyl (C=O) groups excluding carboxylic acids is 1. The van der Waals surface area contributed by atoms with Crippen LogP contribution in [0.2, 0.25) is 0 Å². The fourth-order valence-electron chi connectivity index (χ4n) is 3.75. The highest BCUT2D eigenvalue weighted by Crippen LogP contribution is 2.36. The minimum Gasteiger partial charge on any atom is -0.372 e. The predicted molar refractivity (Wildman–Crippen MR) is 102 cm³/mol. The van der Waals surface area contributed by atoms with Crippen LogP contribution in [-0.4, -0.2) is 32.7 Å². The Morgan fingerprint density at radius 1 is 1.31 bits per heavy atom. The Hall–Kier alpha value is -2.85. The summed E-state index contributed by atoms with van der Waals surface area (Å²) in [6.45, 7) is 0. The van der Waals surface area contributed by atoms with Gasteiger partial charge in [-0.1, -0.05) is 19.3 Å². The van der Waals surface area contributed by atoms with E-state index in [2.05, 4.69) is 25.7 Å². The second kappa shape index (κ2) is 8.66. The van der Waals surface area contributed by atoms with Gasteiger partial charge in [0.1, 0.15) is 11.4 Å². The molecule has 11 heteroatoms. The molecule has 29 heavy (non-hydrogen) atoms. The van der Waals surface area contributed by atoms with Crippen LogP contribution >= 0.6 is 0 Å². The van der Waals surface area contributed by atoms with Crippen molar-refractivity contribution in [3.63, 3.8) is 0 Å². The minimum absolute atomic E-state index is 0.00557. The summed E-state index contributed by atoms with van der Waals surface area (Å²) in [6.07, 6.45) is 5.00. The van der Waals surface area contributed by atoms with Crippen molar-refractivity contribution >= 4 is 23.4 Å². The molecule has 1 aliphatic rings. The molecule has 1 atom stereocenters. The van der Waals surface area contributed by atoms with Crippen molar-refractivity contribution in [1.29, 1.82) is 0 Å². The lowest BCUT2D eigenvalue weighted by molar-refractivity contribution is -0.137. The smallest absolute Gasteiger partial charge is 0.372 e. The van der Waals surface area contributed by atoms with E-state index >= 15 is 0 Å². The van der Waals surface area contributed by atoms with E-state index in [1.807, 2.05) is 0 Å². The summed E-state index contributed by atoms with van der Waals surface area (Å²) in [5.41, 5.74) is 5.00. The number of hydrogen-bond donors (Lipinski definition) is 3. The molecule has 3 rings (SSSR count). The Kier molecular flexibility index (Phi) is 6.23. The quantitative estimate of drug-likeness (QED) is 0.643. The van der Waals surface area contributed by atoms with E-state index in [1.165, 1.54) is 19.7 Å². The molecule has 4 N–H and O–H groups in total. The van der Waals surface area contributed by atoms with Gasteiger partial charge in [0.05, 0.1) is 17.9 Å². The third kappa shape index (κ3) is 5.15. The van der Waals surface area contributed by atoms with E-state index in [4.69, 9.17) is 5.73 Å². The molecule has 0 saturated heterocycles. The maximum absolute atomic E-state index is 13.0. The SMILES string of the molecule is CNc1nc(Nc2cnn(C(CC(N)=O)C3CCCCC3)c2)ncc1C(F)(F)F. The number of carbonyl (C=O) groups is 1. The molecule has 1 fully saturated rings. The number of halogens is 3. The molecule has 0 aliphatic heterocycles. The summed E-state index contributed by atoms with van der Waals surface area (Å²) in [4.78, 5) is 19.2. The fraction of sp³-hybridized carbons (Fsp3) is 0.556. The van der Waals surface area contributed by atoms with Crippen LogP contribution < -0.4 is 16.4 Å². The summed E-state index contributed by atoms with van der Waals surface area (Å²) in [7, 11) is 1.36. The number of aromatic nitrogens is 4. The first kappa shape index (κ1) is 20.9. The molecular weight excluding hydrogens is 387 g/mol. The molecule has 2 aromatic rings. The number of hydrogen-bond acceptors (Lipinski definition) is 6. The maximum Gasteiger partial charge on any atom is 0.421 e. The minimum atomic E-state index is -4.55. The highest BCUT2D eigenvalue weighted by molar-refractivity contribution is 5.74. The normalized spacial score (nSPS) is 16.4. The van der Waals surface area contributed by atoms with Gasteiger partial charge in [-0.25, -0.2) is 4.98 Å². The van der Waals surface area contributed by atoms with Crippen LogP contribution in [0.25, 0.3) is 0 Å². The van der Waals surface area contributed by atoms with Crippen molar-refractivity contribution in [1.82, 2.24) is 19.7 Å². The Morgan fingerprint density at radius 3 is 2.66 bits per heavy atom. The van der Waals surface area contributed by atoms with E-state index in [9.17, 15) is 18.0 Å². The highest BCUT2D eigenvalue weighted by Gasteiger charge is 2.35. The van der Waals surface area contributed by atoms with E-state index in [1.54, 1.807) is 10.9 Å². The summed E-state index contributed by atoms with van der Waals surface area (Å²) in [6, 6.07) is -0.148. The van der Waals surface area contributed by atoms with Crippen molar-refractivity contribution in [3.05, 3.63) is 24.2 Å². The first-order valence-electron chi connectivity index (χ1n) is 9.49. The average Bonchev–Trinajstić information content (AvgIpc) is 3.13. The molecule has 0 bridgehead atoms. The zero-order valence-corrected chi connectivity index (χ0v) is 16.0. The fourth-order valence-corrected chi connectivity index (χ4v) is 3.75. The van der Waals surface area contributed by atoms with E-state index in [-0.39, 0.29) is 24.2 Å². The third-order valence-corrected chi connectivity index (χ3v) is 5.13. The highest BCUT2D eigenvalue weighted by atomic mass is 19.4. The number of primary amides is 1. The topological polar surface area (TPSA) is 111 Å². The number of alkyl halides is 3. The second-order valence-electron chi connectivity index (χ2n) is 7.17. The summed E-state index contributed by atoms with van der Waals surface area (Å²) >= 11 is 0. The largest absolute Gasteiger partial charge is 0.421 e. The molecule has 2 heterocycles. The van der Waals surface area contributed by atoms with Gasteiger partial charge in [0.2, 0.25) is 11.9 Å². The maximum atomic E-state index is 13.0. The van der Waals surface area contributed by atoms with Gasteiger partial charge in [0, 0.05) is 25.9 Å². The monoisotopic (exact) mass is 411 g/mol. The molecule has 1 amide bonds. The van der Waals surface area contributed by atoms with Gasteiger partial charge in [0.15, 0.2) is 0 Å². The zero-order valence-electron chi connectivity index (χ0n) is 16.0. The Morgan fingerprint density at radius 2 is 2.03 bits per heavy atom. The number of nitrogens with zero attached hydrogens (tertiary/aromatic N) is 4. The second-order valence-corrected chi connectivity index (χ2v) is 7.17. The number of nitrogens with two attached hydrogens (primary N) is 1. The summed E-state index contributed by atoms with van der Waals surface area (Å²) < 4.78 is 40.6. The van der Waals surface area contributed by atoms with Crippen molar-refractivity contribution < 1.29 is 18.0 Å². The first-order chi connectivity index (χ1) is 13.8. The van der Waals surface area contributed by atoms with Crippen LogP contribution in [-0.2, 0) is 11.0 Å². The lowest BCUT2D eigenvalue weighted by Crippen LogP contribution is -2.27. The molecule has 1 unspecified atom stereocenters. The molecule has 0 radical (unpaired) electrons. The predicted octanol–water partition coefficient (Wildman–Crippen LogP) is 3.47. The van der Waals surface area contributed by atoms with Gasteiger partial charge < -0.3 is 16.4 Å². The van der Waals surface area contributed by atoms with Crippen molar-refractivity contribution in [2.45, 2.75) is 50.7 Å². The van der Waals surface area contributed by atoms with Gasteiger partial charge in [-0.15, -0.1) is 0 Å². The van der Waals surface area contributed by atoms with Crippen LogP contribution in [0.5, 0.6) is 0 Å². The van der Waals surface area contributed by atoms with Crippen LogP contribution in [0.15, 0.2) is 18.6 Å². The summed E-state index contributed by atoms with van der Waals surface area (Å²) in [5.74, 6) is -0.403. The lowest BCUT2D eigenvalue weighted by Gasteiger charge is -2.29. The Bertz CT molecular complexity index is 846. The zero-order chi connectivity index (χ0) is 21.0. The van der Waals surface area contributed by atoms with Crippen molar-refractivity contribution in [3.8, 4) is 0 Å². The number of amides is 1. The lowest BCUT2D eigenvalue weighted by atomic mass is 9.82. The van der Waals surface area contributed by atoms with Crippen LogP contribution in [0.1, 0.15) is 50.1 Å². The average molecular weight is 411 g/mol. The molecule has 1 aliphatic carbocycles. The van der Waals surface area contributed by atoms with Crippen LogP contribution in [0.4, 0.5) is 30.6 Å². The number of rotatable bonds is 7.